The molecule has 7 rings (SSSR count). The minimum Gasteiger partial charge on any atom is -0.481 e. The van der Waals surface area contributed by atoms with Crippen molar-refractivity contribution in [2.45, 2.75) is 38.1 Å². The highest BCUT2D eigenvalue weighted by molar-refractivity contribution is 6.39. The van der Waals surface area contributed by atoms with Gasteiger partial charge in [-0.1, -0.05) is 53.5 Å². The van der Waals surface area contributed by atoms with Crippen LogP contribution in [0.25, 0.3) is 33.2 Å². The number of pyridine rings is 2. The first-order valence-electron chi connectivity index (χ1n) is 16.2. The fourth-order valence-electron chi connectivity index (χ4n) is 6.22. The zero-order valence-corrected chi connectivity index (χ0v) is 29.1. The number of urea groups is 1. The van der Waals surface area contributed by atoms with Crippen molar-refractivity contribution in [2.75, 3.05) is 32.6 Å². The Balaban J connectivity index is 0.000000324. The Bertz CT molecular complexity index is 2070. The third kappa shape index (κ3) is 7.34. The number of halogens is 2. The van der Waals surface area contributed by atoms with Crippen LogP contribution in [-0.4, -0.2) is 59.1 Å². The van der Waals surface area contributed by atoms with Gasteiger partial charge in [-0.15, -0.1) is 0 Å². The van der Waals surface area contributed by atoms with Crippen LogP contribution in [0.2, 0.25) is 10.0 Å². The molecule has 5 aromatic rings. The number of aromatic nitrogens is 4. The molecule has 1 saturated heterocycles. The Morgan fingerprint density at radius 1 is 1.04 bits per heavy atom. The summed E-state index contributed by atoms with van der Waals surface area (Å²) in [5, 5.41) is 18.1. The molecule has 1 aliphatic heterocycles. The normalized spacial score (nSPS) is 15.1. The quantitative estimate of drug-likeness (QED) is 0.149. The molecule has 1 unspecified atom stereocenters. The van der Waals surface area contributed by atoms with Gasteiger partial charge in [0.2, 0.25) is 5.88 Å². The first-order chi connectivity index (χ1) is 23.8. The minimum absolute atomic E-state index is 0.0302. The molecule has 1 atom stereocenters. The van der Waals surface area contributed by atoms with Crippen molar-refractivity contribution in [2.24, 2.45) is 7.05 Å². The summed E-state index contributed by atoms with van der Waals surface area (Å²) in [5.74, 6) is 1.06. The lowest BCUT2D eigenvalue weighted by Gasteiger charge is -2.23. The summed E-state index contributed by atoms with van der Waals surface area (Å²) in [7, 11) is 5.17. The molecular formula is C36H38Cl2N8O3. The molecule has 3 aromatic heterocycles. The number of rotatable bonds is 8. The van der Waals surface area contributed by atoms with E-state index in [1.54, 1.807) is 32.6 Å². The average Bonchev–Trinajstić information content (AvgIpc) is 3.59. The van der Waals surface area contributed by atoms with E-state index in [1.165, 1.54) is 15.8 Å². The van der Waals surface area contributed by atoms with Crippen LogP contribution in [0.3, 0.4) is 0 Å². The molecule has 11 nitrogen and oxygen atoms in total. The zero-order valence-electron chi connectivity index (χ0n) is 27.6. The summed E-state index contributed by atoms with van der Waals surface area (Å²) in [6.45, 7) is 1.77. The van der Waals surface area contributed by atoms with Crippen molar-refractivity contribution in [3.8, 4) is 28.3 Å². The number of aryl methyl sites for hydroxylation is 2. The van der Waals surface area contributed by atoms with E-state index >= 15 is 0 Å². The highest BCUT2D eigenvalue weighted by atomic mass is 35.5. The number of fused-ring (bicyclic) bond motifs is 2. The van der Waals surface area contributed by atoms with E-state index in [0.717, 1.165) is 67.6 Å². The van der Waals surface area contributed by atoms with E-state index in [2.05, 4.69) is 37.4 Å². The van der Waals surface area contributed by atoms with Crippen molar-refractivity contribution in [1.82, 2.24) is 35.7 Å². The number of carbonyl (C=O) groups is 1. The highest BCUT2D eigenvalue weighted by Gasteiger charge is 2.22. The molecule has 2 aliphatic rings. The third-order valence-electron chi connectivity index (χ3n) is 8.78. The van der Waals surface area contributed by atoms with Crippen LogP contribution in [0.1, 0.15) is 30.4 Å². The summed E-state index contributed by atoms with van der Waals surface area (Å²) in [6.07, 6.45) is 8.38. The van der Waals surface area contributed by atoms with Crippen LogP contribution in [0.5, 0.6) is 5.88 Å². The van der Waals surface area contributed by atoms with E-state index in [1.807, 2.05) is 43.4 Å². The summed E-state index contributed by atoms with van der Waals surface area (Å²) in [6, 6.07) is 15.6. The molecule has 49 heavy (non-hydrogen) atoms. The second-order valence-corrected chi connectivity index (χ2v) is 12.7. The van der Waals surface area contributed by atoms with Gasteiger partial charge in [-0.3, -0.25) is 4.79 Å². The van der Waals surface area contributed by atoms with Crippen molar-refractivity contribution >= 4 is 51.5 Å². The van der Waals surface area contributed by atoms with Crippen LogP contribution in [-0.2, 0) is 19.9 Å². The van der Waals surface area contributed by atoms with Gasteiger partial charge in [0.25, 0.3) is 5.56 Å². The van der Waals surface area contributed by atoms with Gasteiger partial charge in [0.15, 0.2) is 0 Å². The molecule has 1 aliphatic carbocycles. The number of hydrogen-bond acceptors (Lipinski definition) is 8. The van der Waals surface area contributed by atoms with Crippen molar-refractivity contribution in [3.05, 3.63) is 92.5 Å². The first-order valence-corrected chi connectivity index (χ1v) is 17.0. The first kappa shape index (κ1) is 34.2. The van der Waals surface area contributed by atoms with E-state index in [4.69, 9.17) is 32.9 Å². The Hall–Kier alpha value is -4.71. The lowest BCUT2D eigenvalue weighted by molar-refractivity contribution is 0.227. The molecule has 13 heteroatoms. The Morgan fingerprint density at radius 3 is 2.59 bits per heavy atom. The maximum Gasteiger partial charge on any atom is 0.315 e. The summed E-state index contributed by atoms with van der Waals surface area (Å²) in [5.41, 5.74) is 5.86. The number of nitrogens with zero attached hydrogens (tertiary/aromatic N) is 4. The molecule has 0 radical (unpaired) electrons. The molecular weight excluding hydrogens is 663 g/mol. The SMILES string of the molecule is CNCCC1CCNC(=O)N1.COc1nc(-c2cccc(-c3cccc(Nc4nccc5cnn(C)c(=O)c45)c3Cl)c2Cl)cc2c1CCC2. The fraction of sp³-hybridized carbons (Fsp3) is 0.306. The molecule has 2 aromatic carbocycles. The molecule has 1 fully saturated rings. The van der Waals surface area contributed by atoms with Gasteiger partial charge in [-0.05, 0) is 69.5 Å². The molecule has 254 valence electrons. The third-order valence-corrected chi connectivity index (χ3v) is 9.59. The van der Waals surface area contributed by atoms with Crippen LogP contribution in [0.4, 0.5) is 16.3 Å². The average molecular weight is 702 g/mol. The van der Waals surface area contributed by atoms with E-state index in [0.29, 0.717) is 44.2 Å². The Morgan fingerprint density at radius 2 is 1.82 bits per heavy atom. The molecule has 2 amide bonds. The predicted octanol–water partition coefficient (Wildman–Crippen LogP) is 6.27. The topological polar surface area (TPSA) is 135 Å². The van der Waals surface area contributed by atoms with Crippen LogP contribution in [0, 0.1) is 0 Å². The summed E-state index contributed by atoms with van der Waals surface area (Å²) < 4.78 is 6.87. The van der Waals surface area contributed by atoms with Gasteiger partial charge in [-0.2, -0.15) is 5.10 Å². The number of anilines is 2. The maximum absolute atomic E-state index is 12.8. The van der Waals surface area contributed by atoms with Gasteiger partial charge >= 0.3 is 6.03 Å². The monoisotopic (exact) mass is 700 g/mol. The molecule has 0 bridgehead atoms. The van der Waals surface area contributed by atoms with Crippen LogP contribution in [0.15, 0.2) is 65.7 Å². The summed E-state index contributed by atoms with van der Waals surface area (Å²) >= 11 is 13.9. The number of nitrogens with one attached hydrogen (secondary N) is 4. The number of methoxy groups -OCH3 is 1. The van der Waals surface area contributed by atoms with E-state index in [9.17, 15) is 9.59 Å². The van der Waals surface area contributed by atoms with Gasteiger partial charge in [0.1, 0.15) is 5.82 Å². The van der Waals surface area contributed by atoms with Crippen molar-refractivity contribution < 1.29 is 9.53 Å². The number of amides is 2. The highest BCUT2D eigenvalue weighted by Crippen LogP contribution is 2.43. The van der Waals surface area contributed by atoms with Gasteiger partial charge in [0, 0.05) is 53.5 Å². The Kier molecular flexibility index (Phi) is 10.6. The van der Waals surface area contributed by atoms with Crippen molar-refractivity contribution in [3.63, 3.8) is 0 Å². The molecule has 0 saturated carbocycles. The minimum atomic E-state index is -0.251. The molecule has 4 N–H and O–H groups in total. The molecule has 0 spiro atoms. The fourth-order valence-corrected chi connectivity index (χ4v) is 6.82. The maximum atomic E-state index is 12.8. The lowest BCUT2D eigenvalue weighted by Crippen LogP contribution is -2.49. The zero-order chi connectivity index (χ0) is 34.5. The smallest absolute Gasteiger partial charge is 0.315 e. The van der Waals surface area contributed by atoms with Gasteiger partial charge < -0.3 is 26.0 Å². The van der Waals surface area contributed by atoms with Crippen LogP contribution < -0.4 is 31.6 Å². The predicted molar refractivity (Wildman–Crippen MR) is 195 cm³/mol. The standard InChI is InChI=1S/C29H23Cl2N5O2.C7H15N3O/c1-36-29(37)24-17(15-33-36)12-13-32-27(24)34-22-11-5-9-20(26(22)31)19-8-4-10-21(25(19)30)23-14-16-6-3-7-18(16)28(35-23)38-2;1-8-4-2-6-3-5-9-7(11)10-6/h4-5,8-15H,3,6-7H2,1-2H3,(H,32,34);6,8H,2-5H2,1H3,(H2,9,10,11). The van der Waals surface area contributed by atoms with Gasteiger partial charge in [0.05, 0.1) is 40.1 Å². The second kappa shape index (κ2) is 15.2. The number of benzene rings is 2. The second-order valence-electron chi connectivity index (χ2n) is 11.9. The van der Waals surface area contributed by atoms with E-state index in [-0.39, 0.29) is 11.6 Å². The summed E-state index contributed by atoms with van der Waals surface area (Å²) in [4.78, 5) is 32.8. The van der Waals surface area contributed by atoms with Crippen molar-refractivity contribution in [1.29, 1.82) is 0 Å². The Labute approximate surface area is 294 Å². The number of hydrogen-bond donors (Lipinski definition) is 4. The van der Waals surface area contributed by atoms with E-state index < -0.39 is 0 Å². The van der Waals surface area contributed by atoms with Crippen LogP contribution >= 0.6 is 23.2 Å². The largest absolute Gasteiger partial charge is 0.481 e. The van der Waals surface area contributed by atoms with Gasteiger partial charge in [-0.25, -0.2) is 19.4 Å². The molecule has 4 heterocycles. The number of carbonyl (C=O) groups excluding carboxylic acids is 1. The number of ether oxygens (including phenoxy) is 1. The lowest BCUT2D eigenvalue weighted by atomic mass is 9.99.